The minimum atomic E-state index is -1.12. The maximum atomic E-state index is 11.7. The minimum absolute atomic E-state index is 0.0997. The van der Waals surface area contributed by atoms with E-state index in [0.717, 1.165) is 10.4 Å². The molecule has 0 aliphatic rings. The Morgan fingerprint density at radius 1 is 1.24 bits per heavy atom. The van der Waals surface area contributed by atoms with Gasteiger partial charge in [0.05, 0.1) is 0 Å². The Kier molecular flexibility index (Phi) is 4.94. The van der Waals surface area contributed by atoms with Crippen molar-refractivity contribution in [1.29, 1.82) is 0 Å². The SMILES string of the molecule is Cc1ccc(C(NC(=O)OCc2ccccc2)C(=O)O)s1. The summed E-state index contributed by atoms with van der Waals surface area (Å²) < 4.78 is 5.03. The molecule has 0 aliphatic heterocycles. The van der Waals surface area contributed by atoms with Gasteiger partial charge in [-0.1, -0.05) is 30.3 Å². The quantitative estimate of drug-likeness (QED) is 0.890. The predicted molar refractivity (Wildman–Crippen MR) is 79.2 cm³/mol. The average Bonchev–Trinajstić information content (AvgIpc) is 2.89. The van der Waals surface area contributed by atoms with Crippen LogP contribution in [-0.4, -0.2) is 17.2 Å². The van der Waals surface area contributed by atoms with Gasteiger partial charge in [0.15, 0.2) is 6.04 Å². The molecule has 0 radical (unpaired) electrons. The van der Waals surface area contributed by atoms with Crippen LogP contribution in [0.1, 0.15) is 21.4 Å². The average molecular weight is 305 g/mol. The first-order valence-electron chi connectivity index (χ1n) is 6.32. The Morgan fingerprint density at radius 2 is 1.95 bits per heavy atom. The molecule has 5 nitrogen and oxygen atoms in total. The lowest BCUT2D eigenvalue weighted by Crippen LogP contribution is -2.33. The van der Waals surface area contributed by atoms with Gasteiger partial charge in [0, 0.05) is 9.75 Å². The molecule has 21 heavy (non-hydrogen) atoms. The molecule has 1 aromatic carbocycles. The monoisotopic (exact) mass is 305 g/mol. The zero-order valence-corrected chi connectivity index (χ0v) is 12.2. The summed E-state index contributed by atoms with van der Waals surface area (Å²) >= 11 is 1.33. The first-order chi connectivity index (χ1) is 10.1. The Labute approximate surface area is 126 Å². The first kappa shape index (κ1) is 15.1. The van der Waals surface area contributed by atoms with Gasteiger partial charge in [-0.05, 0) is 24.6 Å². The highest BCUT2D eigenvalue weighted by atomic mass is 32.1. The maximum Gasteiger partial charge on any atom is 0.408 e. The number of thiophene rings is 1. The zero-order valence-electron chi connectivity index (χ0n) is 11.4. The number of aliphatic carboxylic acids is 1. The van der Waals surface area contributed by atoms with Crippen LogP contribution in [0.3, 0.4) is 0 Å². The number of hydrogen-bond acceptors (Lipinski definition) is 4. The standard InChI is InChI=1S/C15H15NO4S/c1-10-7-8-12(21-10)13(14(17)18)16-15(19)20-9-11-5-3-2-4-6-11/h2-8,13H,9H2,1H3,(H,16,19)(H,17,18). The number of carboxylic acids is 1. The van der Waals surface area contributed by atoms with Crippen LogP contribution in [0.15, 0.2) is 42.5 Å². The Morgan fingerprint density at radius 3 is 2.52 bits per heavy atom. The molecule has 0 saturated heterocycles. The molecule has 0 aliphatic carbocycles. The lowest BCUT2D eigenvalue weighted by molar-refractivity contribution is -0.139. The highest BCUT2D eigenvalue weighted by Crippen LogP contribution is 2.23. The Bertz CT molecular complexity index is 624. The summed E-state index contributed by atoms with van der Waals surface area (Å²) in [5.74, 6) is -1.12. The fourth-order valence-electron chi connectivity index (χ4n) is 1.75. The molecule has 1 aromatic heterocycles. The summed E-state index contributed by atoms with van der Waals surface area (Å²) in [6.07, 6.45) is -0.752. The molecule has 1 unspecified atom stereocenters. The summed E-state index contributed by atoms with van der Waals surface area (Å²) in [6.45, 7) is 1.98. The molecule has 0 fully saturated rings. The van der Waals surface area contributed by atoms with Crippen molar-refractivity contribution in [3.8, 4) is 0 Å². The van der Waals surface area contributed by atoms with Gasteiger partial charge < -0.3 is 15.2 Å². The van der Waals surface area contributed by atoms with Gasteiger partial charge in [-0.3, -0.25) is 0 Å². The van der Waals surface area contributed by atoms with E-state index in [1.165, 1.54) is 11.3 Å². The fraction of sp³-hybridized carbons (Fsp3) is 0.200. The summed E-state index contributed by atoms with van der Waals surface area (Å²) in [4.78, 5) is 24.5. The van der Waals surface area contributed by atoms with Crippen LogP contribution < -0.4 is 5.32 Å². The smallest absolute Gasteiger partial charge is 0.408 e. The van der Waals surface area contributed by atoms with Crippen molar-refractivity contribution in [1.82, 2.24) is 5.32 Å². The van der Waals surface area contributed by atoms with Crippen LogP contribution >= 0.6 is 11.3 Å². The van der Waals surface area contributed by atoms with Crippen LogP contribution in [-0.2, 0) is 16.1 Å². The number of nitrogens with one attached hydrogen (secondary N) is 1. The molecule has 6 heteroatoms. The van der Waals surface area contributed by atoms with E-state index in [0.29, 0.717) is 4.88 Å². The van der Waals surface area contributed by atoms with Gasteiger partial charge in [-0.2, -0.15) is 0 Å². The Hall–Kier alpha value is -2.34. The van der Waals surface area contributed by atoms with Crippen molar-refractivity contribution in [2.75, 3.05) is 0 Å². The van der Waals surface area contributed by atoms with E-state index in [1.807, 2.05) is 43.3 Å². The van der Waals surface area contributed by atoms with E-state index in [9.17, 15) is 14.7 Å². The zero-order chi connectivity index (χ0) is 15.2. The van der Waals surface area contributed by atoms with Crippen LogP contribution in [0.2, 0.25) is 0 Å². The highest BCUT2D eigenvalue weighted by molar-refractivity contribution is 7.12. The van der Waals surface area contributed by atoms with Crippen LogP contribution in [0.4, 0.5) is 4.79 Å². The number of amides is 1. The molecule has 0 bridgehead atoms. The van der Waals surface area contributed by atoms with E-state index < -0.39 is 18.1 Å². The van der Waals surface area contributed by atoms with E-state index in [2.05, 4.69) is 5.32 Å². The minimum Gasteiger partial charge on any atom is -0.479 e. The van der Waals surface area contributed by atoms with Crippen molar-refractivity contribution < 1.29 is 19.4 Å². The number of carboxylic acid groups (broad SMARTS) is 1. The lowest BCUT2D eigenvalue weighted by Gasteiger charge is -2.13. The molecule has 0 saturated carbocycles. The summed E-state index contributed by atoms with van der Waals surface area (Å²) in [6, 6.07) is 11.6. The summed E-state index contributed by atoms with van der Waals surface area (Å²) in [7, 11) is 0. The molecule has 2 N–H and O–H groups in total. The normalized spacial score (nSPS) is 11.7. The Balaban J connectivity index is 1.94. The van der Waals surface area contributed by atoms with Crippen molar-refractivity contribution in [3.63, 3.8) is 0 Å². The van der Waals surface area contributed by atoms with Crippen LogP contribution in [0.25, 0.3) is 0 Å². The number of carbonyl (C=O) groups is 2. The second-order valence-electron chi connectivity index (χ2n) is 4.43. The molecule has 1 amide bonds. The van der Waals surface area contributed by atoms with Gasteiger partial charge in [0.2, 0.25) is 0 Å². The summed E-state index contributed by atoms with van der Waals surface area (Å²) in [5, 5.41) is 11.6. The third-order valence-electron chi connectivity index (χ3n) is 2.77. The van der Waals surface area contributed by atoms with Crippen molar-refractivity contribution in [2.45, 2.75) is 19.6 Å². The molecule has 0 spiro atoms. The van der Waals surface area contributed by atoms with Crippen molar-refractivity contribution in [2.24, 2.45) is 0 Å². The molecule has 1 atom stereocenters. The second kappa shape index (κ2) is 6.90. The fourth-order valence-corrected chi connectivity index (χ4v) is 2.67. The van der Waals surface area contributed by atoms with E-state index in [1.54, 1.807) is 6.07 Å². The third-order valence-corrected chi connectivity index (χ3v) is 3.83. The van der Waals surface area contributed by atoms with E-state index >= 15 is 0 Å². The number of carbonyl (C=O) groups excluding carboxylic acids is 1. The van der Waals surface area contributed by atoms with E-state index in [4.69, 9.17) is 4.74 Å². The topological polar surface area (TPSA) is 75.6 Å². The summed E-state index contributed by atoms with van der Waals surface area (Å²) in [5.41, 5.74) is 0.839. The molecule has 1 heterocycles. The number of benzene rings is 1. The third kappa shape index (κ3) is 4.32. The maximum absolute atomic E-state index is 11.7. The molecule has 2 aromatic rings. The second-order valence-corrected chi connectivity index (χ2v) is 5.75. The van der Waals surface area contributed by atoms with Gasteiger partial charge >= 0.3 is 12.1 Å². The van der Waals surface area contributed by atoms with Crippen LogP contribution in [0.5, 0.6) is 0 Å². The largest absolute Gasteiger partial charge is 0.479 e. The number of aryl methyl sites for hydroxylation is 1. The molecular formula is C15H15NO4S. The number of alkyl carbamates (subject to hydrolysis) is 1. The highest BCUT2D eigenvalue weighted by Gasteiger charge is 2.24. The van der Waals surface area contributed by atoms with Crippen molar-refractivity contribution >= 4 is 23.4 Å². The first-order valence-corrected chi connectivity index (χ1v) is 7.14. The van der Waals surface area contributed by atoms with Gasteiger partial charge in [0.1, 0.15) is 6.61 Å². The van der Waals surface area contributed by atoms with Crippen LogP contribution in [0, 0.1) is 6.92 Å². The number of rotatable bonds is 5. The van der Waals surface area contributed by atoms with Gasteiger partial charge in [0.25, 0.3) is 0 Å². The number of hydrogen-bond donors (Lipinski definition) is 2. The molecule has 2 rings (SSSR count). The molecular weight excluding hydrogens is 290 g/mol. The van der Waals surface area contributed by atoms with Crippen molar-refractivity contribution in [3.05, 3.63) is 57.8 Å². The predicted octanol–water partition coefficient (Wildman–Crippen LogP) is 3.11. The number of ether oxygens (including phenoxy) is 1. The van der Waals surface area contributed by atoms with Gasteiger partial charge in [-0.15, -0.1) is 11.3 Å². The molecule has 110 valence electrons. The van der Waals surface area contributed by atoms with E-state index in [-0.39, 0.29) is 6.61 Å². The lowest BCUT2D eigenvalue weighted by atomic mass is 10.2. The van der Waals surface area contributed by atoms with Gasteiger partial charge in [-0.25, -0.2) is 9.59 Å².